The van der Waals surface area contributed by atoms with E-state index in [0.29, 0.717) is 13.0 Å². The summed E-state index contributed by atoms with van der Waals surface area (Å²) >= 11 is 0. The highest BCUT2D eigenvalue weighted by atomic mass is 16.5. The van der Waals surface area contributed by atoms with Crippen molar-refractivity contribution in [1.29, 1.82) is 0 Å². The highest BCUT2D eigenvalue weighted by Crippen LogP contribution is 2.27. The Bertz CT molecular complexity index is 346. The van der Waals surface area contributed by atoms with Gasteiger partial charge >= 0.3 is 5.97 Å². The summed E-state index contributed by atoms with van der Waals surface area (Å²) in [5, 5.41) is 0. The van der Waals surface area contributed by atoms with E-state index in [9.17, 15) is 4.79 Å². The number of fused-ring (bicyclic) bond motifs is 1. The molecule has 0 spiro atoms. The lowest BCUT2D eigenvalue weighted by molar-refractivity contribution is -0.146. The van der Waals surface area contributed by atoms with Gasteiger partial charge in [0.1, 0.15) is 12.4 Å². The molecule has 1 atom stereocenters. The molecule has 0 fully saturated rings. The molecule has 14 heavy (non-hydrogen) atoms. The molecule has 0 radical (unpaired) electrons. The van der Waals surface area contributed by atoms with Crippen molar-refractivity contribution in [3.05, 3.63) is 29.8 Å². The van der Waals surface area contributed by atoms with Crippen LogP contribution in [-0.2, 0) is 16.0 Å². The van der Waals surface area contributed by atoms with Gasteiger partial charge in [-0.05, 0) is 18.1 Å². The number of methoxy groups -OCH3 is 1. The first-order valence-electron chi connectivity index (χ1n) is 4.60. The van der Waals surface area contributed by atoms with E-state index in [1.807, 2.05) is 24.3 Å². The highest BCUT2D eigenvalue weighted by molar-refractivity contribution is 5.73. The third kappa shape index (κ3) is 1.58. The number of ether oxygens (including phenoxy) is 2. The van der Waals surface area contributed by atoms with Gasteiger partial charge in [-0.1, -0.05) is 18.2 Å². The summed E-state index contributed by atoms with van der Waals surface area (Å²) in [4.78, 5) is 11.3. The van der Waals surface area contributed by atoms with Crippen molar-refractivity contribution in [2.45, 2.75) is 6.42 Å². The Morgan fingerprint density at radius 2 is 2.29 bits per heavy atom. The van der Waals surface area contributed by atoms with E-state index >= 15 is 0 Å². The smallest absolute Gasteiger partial charge is 0.312 e. The average Bonchev–Trinajstić information content (AvgIpc) is 2.27. The van der Waals surface area contributed by atoms with E-state index in [4.69, 9.17) is 4.74 Å². The van der Waals surface area contributed by atoms with Gasteiger partial charge in [-0.3, -0.25) is 4.79 Å². The predicted molar refractivity (Wildman–Crippen MR) is 51.1 cm³/mol. The van der Waals surface area contributed by atoms with E-state index in [1.165, 1.54) is 7.11 Å². The maximum atomic E-state index is 11.3. The van der Waals surface area contributed by atoms with Crippen molar-refractivity contribution >= 4 is 5.97 Å². The number of carbonyl (C=O) groups is 1. The van der Waals surface area contributed by atoms with Crippen LogP contribution in [-0.4, -0.2) is 19.7 Å². The first-order valence-corrected chi connectivity index (χ1v) is 4.60. The summed E-state index contributed by atoms with van der Waals surface area (Å²) < 4.78 is 10.1. The third-order valence-corrected chi connectivity index (χ3v) is 2.41. The van der Waals surface area contributed by atoms with Crippen LogP contribution in [0.25, 0.3) is 0 Å². The molecule has 0 aliphatic carbocycles. The molecule has 2 rings (SSSR count). The van der Waals surface area contributed by atoms with Crippen molar-refractivity contribution in [3.63, 3.8) is 0 Å². The molecule has 1 aliphatic rings. The molecule has 0 saturated carbocycles. The van der Waals surface area contributed by atoms with Crippen molar-refractivity contribution in [1.82, 2.24) is 0 Å². The third-order valence-electron chi connectivity index (χ3n) is 2.41. The van der Waals surface area contributed by atoms with Gasteiger partial charge in [0, 0.05) is 0 Å². The summed E-state index contributed by atoms with van der Waals surface area (Å²) in [5.74, 6) is 0.530. The number of hydrogen-bond acceptors (Lipinski definition) is 3. The maximum Gasteiger partial charge on any atom is 0.312 e. The normalized spacial score (nSPS) is 19.4. The molecule has 1 aliphatic heterocycles. The summed E-state index contributed by atoms with van der Waals surface area (Å²) in [5.41, 5.74) is 1.08. The highest BCUT2D eigenvalue weighted by Gasteiger charge is 2.26. The zero-order chi connectivity index (χ0) is 9.97. The van der Waals surface area contributed by atoms with Gasteiger partial charge in [-0.2, -0.15) is 0 Å². The van der Waals surface area contributed by atoms with Crippen molar-refractivity contribution in [2.75, 3.05) is 13.7 Å². The van der Waals surface area contributed by atoms with Gasteiger partial charge in [-0.15, -0.1) is 0 Å². The fourth-order valence-corrected chi connectivity index (χ4v) is 1.65. The van der Waals surface area contributed by atoms with Crippen LogP contribution in [0.2, 0.25) is 0 Å². The summed E-state index contributed by atoms with van der Waals surface area (Å²) in [6.45, 7) is 0.420. The first-order chi connectivity index (χ1) is 6.81. The Balaban J connectivity index is 2.17. The number of rotatable bonds is 1. The van der Waals surface area contributed by atoms with E-state index in [2.05, 4.69) is 4.74 Å². The summed E-state index contributed by atoms with van der Waals surface area (Å²) in [6.07, 6.45) is 0.711. The molecule has 0 saturated heterocycles. The SMILES string of the molecule is COC(=O)[C@H]1COc2ccccc2C1. The van der Waals surface area contributed by atoms with Crippen LogP contribution in [0.3, 0.4) is 0 Å². The van der Waals surface area contributed by atoms with E-state index in [1.54, 1.807) is 0 Å². The Labute approximate surface area is 82.6 Å². The zero-order valence-corrected chi connectivity index (χ0v) is 8.03. The van der Waals surface area contributed by atoms with Crippen LogP contribution in [0.4, 0.5) is 0 Å². The lowest BCUT2D eigenvalue weighted by Crippen LogP contribution is -2.28. The van der Waals surface area contributed by atoms with Crippen LogP contribution in [0.15, 0.2) is 24.3 Å². The molecule has 0 amide bonds. The van der Waals surface area contributed by atoms with Crippen molar-refractivity contribution < 1.29 is 14.3 Å². The molecular formula is C11H12O3. The molecular weight excluding hydrogens is 180 g/mol. The van der Waals surface area contributed by atoms with E-state index in [-0.39, 0.29) is 11.9 Å². The molecule has 1 aromatic carbocycles. The molecule has 0 bridgehead atoms. The van der Waals surface area contributed by atoms with Crippen LogP contribution >= 0.6 is 0 Å². The maximum absolute atomic E-state index is 11.3. The standard InChI is InChI=1S/C11H12O3/c1-13-11(12)9-6-8-4-2-3-5-10(8)14-7-9/h2-5,9H,6-7H2,1H3/t9-/m1/s1. The minimum Gasteiger partial charge on any atom is -0.492 e. The van der Waals surface area contributed by atoms with Crippen molar-refractivity contribution in [3.8, 4) is 5.75 Å². The monoisotopic (exact) mass is 192 g/mol. The summed E-state index contributed by atoms with van der Waals surface area (Å²) in [6, 6.07) is 7.77. The number of esters is 1. The second-order valence-corrected chi connectivity index (χ2v) is 3.34. The van der Waals surface area contributed by atoms with Gasteiger partial charge in [0.25, 0.3) is 0 Å². The number of carbonyl (C=O) groups excluding carboxylic acids is 1. The number of hydrogen-bond donors (Lipinski definition) is 0. The Morgan fingerprint density at radius 3 is 3.07 bits per heavy atom. The second kappa shape index (κ2) is 3.70. The van der Waals surface area contributed by atoms with Gasteiger partial charge in [0.15, 0.2) is 0 Å². The van der Waals surface area contributed by atoms with Crippen molar-refractivity contribution in [2.24, 2.45) is 5.92 Å². The van der Waals surface area contributed by atoms with Crippen LogP contribution in [0.1, 0.15) is 5.56 Å². The molecule has 3 heteroatoms. The molecule has 3 nitrogen and oxygen atoms in total. The van der Waals surface area contributed by atoms with Gasteiger partial charge in [-0.25, -0.2) is 0 Å². The minimum atomic E-state index is -0.195. The quantitative estimate of drug-likeness (QED) is 0.631. The van der Waals surface area contributed by atoms with Gasteiger partial charge < -0.3 is 9.47 Å². The van der Waals surface area contributed by atoms with E-state index < -0.39 is 0 Å². The fourth-order valence-electron chi connectivity index (χ4n) is 1.65. The van der Waals surface area contributed by atoms with Crippen LogP contribution in [0.5, 0.6) is 5.75 Å². The van der Waals surface area contributed by atoms with Crippen LogP contribution < -0.4 is 4.74 Å². The average molecular weight is 192 g/mol. The Hall–Kier alpha value is -1.51. The van der Waals surface area contributed by atoms with Gasteiger partial charge in [0.2, 0.25) is 0 Å². The number of benzene rings is 1. The Kier molecular flexibility index (Phi) is 2.39. The molecule has 1 heterocycles. The lowest BCUT2D eigenvalue weighted by atomic mass is 9.97. The Morgan fingerprint density at radius 1 is 1.50 bits per heavy atom. The molecule has 1 aromatic rings. The molecule has 0 aromatic heterocycles. The largest absolute Gasteiger partial charge is 0.492 e. The topological polar surface area (TPSA) is 35.5 Å². The second-order valence-electron chi connectivity index (χ2n) is 3.34. The predicted octanol–water partition coefficient (Wildman–Crippen LogP) is 1.41. The zero-order valence-electron chi connectivity index (χ0n) is 8.03. The lowest BCUT2D eigenvalue weighted by Gasteiger charge is -2.23. The summed E-state index contributed by atoms with van der Waals surface area (Å²) in [7, 11) is 1.41. The van der Waals surface area contributed by atoms with E-state index in [0.717, 1.165) is 11.3 Å². The molecule has 0 unspecified atom stereocenters. The minimum absolute atomic E-state index is 0.158. The number of para-hydroxylation sites is 1. The first kappa shape index (κ1) is 9.06. The fraction of sp³-hybridized carbons (Fsp3) is 0.364. The molecule has 0 N–H and O–H groups in total. The van der Waals surface area contributed by atoms with Crippen LogP contribution in [0, 0.1) is 5.92 Å². The molecule has 74 valence electrons. The van der Waals surface area contributed by atoms with Gasteiger partial charge in [0.05, 0.1) is 13.0 Å².